The number of likely N-dealkylation sites (tertiary alicyclic amines) is 1. The SMILES string of the molecule is O=C(OCC1CCCCN1C(=O)NCCn1cncn1)N1CCOCC1. The van der Waals surface area contributed by atoms with Crippen LogP contribution in [0, 0.1) is 0 Å². The van der Waals surface area contributed by atoms with Gasteiger partial charge in [0.1, 0.15) is 19.3 Å². The van der Waals surface area contributed by atoms with E-state index in [1.165, 1.54) is 6.33 Å². The van der Waals surface area contributed by atoms with Gasteiger partial charge in [-0.2, -0.15) is 5.10 Å². The van der Waals surface area contributed by atoms with E-state index in [0.29, 0.717) is 45.9 Å². The topological polar surface area (TPSA) is 102 Å². The van der Waals surface area contributed by atoms with Crippen LogP contribution in [-0.2, 0) is 16.0 Å². The van der Waals surface area contributed by atoms with Gasteiger partial charge in [-0.3, -0.25) is 4.68 Å². The molecule has 10 heteroatoms. The average Bonchev–Trinajstić information content (AvgIpc) is 3.20. The van der Waals surface area contributed by atoms with E-state index in [2.05, 4.69) is 15.4 Å². The zero-order chi connectivity index (χ0) is 18.2. The van der Waals surface area contributed by atoms with Gasteiger partial charge in [0.05, 0.1) is 25.8 Å². The van der Waals surface area contributed by atoms with Crippen molar-refractivity contribution in [3.63, 3.8) is 0 Å². The van der Waals surface area contributed by atoms with E-state index >= 15 is 0 Å². The molecule has 1 N–H and O–H groups in total. The molecule has 0 aromatic carbocycles. The highest BCUT2D eigenvalue weighted by Crippen LogP contribution is 2.18. The Labute approximate surface area is 152 Å². The summed E-state index contributed by atoms with van der Waals surface area (Å²) in [6.07, 6.45) is 5.58. The third-order valence-corrected chi connectivity index (χ3v) is 4.64. The standard InChI is InChI=1S/C16H26N6O4/c23-15(18-4-6-21-13-17-12-19-21)22-5-2-1-3-14(22)11-26-16(24)20-7-9-25-10-8-20/h12-14H,1-11H2,(H,18,23). The molecule has 26 heavy (non-hydrogen) atoms. The van der Waals surface area contributed by atoms with Gasteiger partial charge in [-0.05, 0) is 19.3 Å². The Kier molecular flexibility index (Phi) is 6.64. The van der Waals surface area contributed by atoms with Crippen molar-refractivity contribution >= 4 is 12.1 Å². The van der Waals surface area contributed by atoms with Crippen molar-refractivity contribution in [2.45, 2.75) is 31.8 Å². The Hall–Kier alpha value is -2.36. The molecule has 0 spiro atoms. The van der Waals surface area contributed by atoms with Gasteiger partial charge >= 0.3 is 12.1 Å². The van der Waals surface area contributed by atoms with Gasteiger partial charge in [-0.1, -0.05) is 0 Å². The fourth-order valence-electron chi connectivity index (χ4n) is 3.17. The summed E-state index contributed by atoms with van der Waals surface area (Å²) in [6, 6.07) is -0.211. The fourth-order valence-corrected chi connectivity index (χ4v) is 3.17. The minimum absolute atomic E-state index is 0.0832. The van der Waals surface area contributed by atoms with Crippen molar-refractivity contribution in [1.29, 1.82) is 0 Å². The molecule has 3 rings (SSSR count). The normalized spacial score (nSPS) is 20.7. The van der Waals surface area contributed by atoms with Gasteiger partial charge in [0, 0.05) is 26.2 Å². The molecule has 0 saturated carbocycles. The maximum atomic E-state index is 12.5. The summed E-state index contributed by atoms with van der Waals surface area (Å²) in [5.74, 6) is 0. The molecular formula is C16H26N6O4. The van der Waals surface area contributed by atoms with Crippen LogP contribution in [0.4, 0.5) is 9.59 Å². The molecule has 2 saturated heterocycles. The second kappa shape index (κ2) is 9.37. The lowest BCUT2D eigenvalue weighted by Crippen LogP contribution is -2.51. The predicted octanol–water partition coefficient (Wildman–Crippen LogP) is 0.311. The summed E-state index contributed by atoms with van der Waals surface area (Å²) in [7, 11) is 0. The fraction of sp³-hybridized carbons (Fsp3) is 0.750. The van der Waals surface area contributed by atoms with Crippen LogP contribution in [0.2, 0.25) is 0 Å². The number of aromatic nitrogens is 3. The van der Waals surface area contributed by atoms with Gasteiger partial charge in [-0.25, -0.2) is 14.6 Å². The second-order valence-electron chi connectivity index (χ2n) is 6.41. The molecule has 2 fully saturated rings. The van der Waals surface area contributed by atoms with E-state index in [1.54, 1.807) is 20.8 Å². The second-order valence-corrected chi connectivity index (χ2v) is 6.41. The molecule has 0 bridgehead atoms. The first-order valence-corrected chi connectivity index (χ1v) is 9.10. The van der Waals surface area contributed by atoms with Gasteiger partial charge in [0.15, 0.2) is 0 Å². The molecule has 3 heterocycles. The Balaban J connectivity index is 1.44. The highest BCUT2D eigenvalue weighted by atomic mass is 16.6. The number of carbonyl (C=O) groups is 2. The van der Waals surface area contributed by atoms with Crippen LogP contribution in [0.25, 0.3) is 0 Å². The number of rotatable bonds is 5. The van der Waals surface area contributed by atoms with Gasteiger partial charge in [-0.15, -0.1) is 0 Å². The molecule has 0 radical (unpaired) electrons. The molecule has 1 aromatic rings. The van der Waals surface area contributed by atoms with Crippen LogP contribution in [0.1, 0.15) is 19.3 Å². The number of morpholine rings is 1. The Morgan fingerprint density at radius 1 is 1.23 bits per heavy atom. The van der Waals surface area contributed by atoms with Crippen LogP contribution in [0.5, 0.6) is 0 Å². The Morgan fingerprint density at radius 3 is 2.85 bits per heavy atom. The number of ether oxygens (including phenoxy) is 2. The Morgan fingerprint density at radius 2 is 2.08 bits per heavy atom. The van der Waals surface area contributed by atoms with E-state index < -0.39 is 0 Å². The van der Waals surface area contributed by atoms with E-state index in [4.69, 9.17) is 9.47 Å². The lowest BCUT2D eigenvalue weighted by molar-refractivity contribution is 0.0171. The summed E-state index contributed by atoms with van der Waals surface area (Å²) in [5, 5.41) is 6.91. The highest BCUT2D eigenvalue weighted by molar-refractivity contribution is 5.74. The molecule has 1 unspecified atom stereocenters. The molecule has 1 aromatic heterocycles. The number of hydrogen-bond acceptors (Lipinski definition) is 6. The summed E-state index contributed by atoms with van der Waals surface area (Å²) >= 11 is 0. The molecule has 0 aliphatic carbocycles. The number of piperidine rings is 1. The average molecular weight is 366 g/mol. The maximum absolute atomic E-state index is 12.5. The van der Waals surface area contributed by atoms with Crippen LogP contribution >= 0.6 is 0 Å². The number of nitrogens with one attached hydrogen (secondary N) is 1. The molecular weight excluding hydrogens is 340 g/mol. The van der Waals surface area contributed by atoms with Crippen molar-refractivity contribution in [3.8, 4) is 0 Å². The molecule has 10 nitrogen and oxygen atoms in total. The quantitative estimate of drug-likeness (QED) is 0.805. The summed E-state index contributed by atoms with van der Waals surface area (Å²) < 4.78 is 12.4. The van der Waals surface area contributed by atoms with E-state index in [9.17, 15) is 9.59 Å². The number of carbonyl (C=O) groups excluding carboxylic acids is 2. The van der Waals surface area contributed by atoms with Crippen molar-refractivity contribution < 1.29 is 19.1 Å². The maximum Gasteiger partial charge on any atom is 0.409 e. The largest absolute Gasteiger partial charge is 0.447 e. The smallest absolute Gasteiger partial charge is 0.409 e. The van der Waals surface area contributed by atoms with Crippen LogP contribution in [0.15, 0.2) is 12.7 Å². The van der Waals surface area contributed by atoms with Crippen molar-refractivity contribution in [2.75, 3.05) is 46.0 Å². The van der Waals surface area contributed by atoms with Crippen LogP contribution in [0.3, 0.4) is 0 Å². The van der Waals surface area contributed by atoms with Crippen molar-refractivity contribution in [3.05, 3.63) is 12.7 Å². The van der Waals surface area contributed by atoms with E-state index in [0.717, 1.165) is 19.3 Å². The number of amides is 3. The zero-order valence-electron chi connectivity index (χ0n) is 14.9. The lowest BCUT2D eigenvalue weighted by atomic mass is 10.0. The van der Waals surface area contributed by atoms with Crippen LogP contribution in [-0.4, -0.2) is 88.7 Å². The zero-order valence-corrected chi connectivity index (χ0v) is 14.9. The third kappa shape index (κ3) is 5.07. The molecule has 144 valence electrons. The third-order valence-electron chi connectivity index (χ3n) is 4.64. The van der Waals surface area contributed by atoms with Crippen LogP contribution < -0.4 is 5.32 Å². The highest BCUT2D eigenvalue weighted by Gasteiger charge is 2.28. The van der Waals surface area contributed by atoms with Gasteiger partial charge in [0.2, 0.25) is 0 Å². The first kappa shape index (κ1) is 18.4. The lowest BCUT2D eigenvalue weighted by Gasteiger charge is -2.36. The molecule has 3 amide bonds. The van der Waals surface area contributed by atoms with E-state index in [1.807, 2.05) is 0 Å². The van der Waals surface area contributed by atoms with Crippen molar-refractivity contribution in [2.24, 2.45) is 0 Å². The van der Waals surface area contributed by atoms with Gasteiger partial charge in [0.25, 0.3) is 0 Å². The predicted molar refractivity (Wildman–Crippen MR) is 91.5 cm³/mol. The minimum atomic E-state index is -0.328. The van der Waals surface area contributed by atoms with Crippen molar-refractivity contribution in [1.82, 2.24) is 29.9 Å². The summed E-state index contributed by atoms with van der Waals surface area (Å²) in [4.78, 5) is 31.9. The summed E-state index contributed by atoms with van der Waals surface area (Å²) in [5.41, 5.74) is 0. The minimum Gasteiger partial charge on any atom is -0.447 e. The van der Waals surface area contributed by atoms with E-state index in [-0.39, 0.29) is 24.8 Å². The van der Waals surface area contributed by atoms with Gasteiger partial charge < -0.3 is 24.6 Å². The molecule has 2 aliphatic rings. The number of urea groups is 1. The Bertz CT molecular complexity index is 575. The molecule has 2 aliphatic heterocycles. The first-order valence-electron chi connectivity index (χ1n) is 9.10. The number of nitrogens with zero attached hydrogens (tertiary/aromatic N) is 5. The molecule has 1 atom stereocenters. The first-order chi connectivity index (χ1) is 12.7. The number of hydrogen-bond donors (Lipinski definition) is 1. The summed E-state index contributed by atoms with van der Waals surface area (Å²) in [6.45, 7) is 4.13. The monoisotopic (exact) mass is 366 g/mol.